The van der Waals surface area contributed by atoms with Crippen LogP contribution >= 0.6 is 0 Å². The minimum absolute atomic E-state index is 0.0393. The van der Waals surface area contributed by atoms with Crippen LogP contribution in [-0.2, 0) is 14.8 Å². The van der Waals surface area contributed by atoms with Crippen molar-refractivity contribution in [2.75, 3.05) is 13.1 Å². The molecule has 0 aliphatic heterocycles. The quantitative estimate of drug-likeness (QED) is 0.720. The van der Waals surface area contributed by atoms with Crippen molar-refractivity contribution in [3.63, 3.8) is 0 Å². The summed E-state index contributed by atoms with van der Waals surface area (Å²) < 4.78 is 26.8. The Labute approximate surface area is 127 Å². The topological polar surface area (TPSA) is 75.3 Å². The Hall–Kier alpha value is -1.40. The molecule has 0 unspecified atom stereocenters. The minimum atomic E-state index is -3.52. The predicted molar refractivity (Wildman–Crippen MR) is 83.6 cm³/mol. The smallest absolute Gasteiger partial charge is 0.240 e. The number of hydrogen-bond donors (Lipinski definition) is 2. The van der Waals surface area contributed by atoms with Gasteiger partial charge in [0.2, 0.25) is 15.9 Å². The number of hydrogen-bond acceptors (Lipinski definition) is 3. The number of unbranched alkanes of at least 4 members (excludes halogenated alkanes) is 1. The van der Waals surface area contributed by atoms with E-state index in [0.717, 1.165) is 24.0 Å². The highest BCUT2D eigenvalue weighted by Gasteiger charge is 2.15. The van der Waals surface area contributed by atoms with E-state index in [4.69, 9.17) is 0 Å². The molecule has 0 aromatic heterocycles. The zero-order chi connectivity index (χ0) is 15.9. The van der Waals surface area contributed by atoms with Crippen LogP contribution in [0.1, 0.15) is 37.3 Å². The van der Waals surface area contributed by atoms with Crippen molar-refractivity contribution in [1.29, 1.82) is 0 Å². The molecule has 1 aromatic rings. The SMILES string of the molecule is CCCCC(=O)NCCNS(=O)(=O)c1ccc(C)cc1C. The fraction of sp³-hybridized carbons (Fsp3) is 0.533. The van der Waals surface area contributed by atoms with Crippen LogP contribution in [0.5, 0.6) is 0 Å². The number of nitrogens with one attached hydrogen (secondary N) is 2. The summed E-state index contributed by atoms with van der Waals surface area (Å²) in [6.07, 6.45) is 2.30. The zero-order valence-corrected chi connectivity index (χ0v) is 13.7. The number of aryl methyl sites for hydroxylation is 2. The molecule has 0 saturated heterocycles. The molecule has 2 N–H and O–H groups in total. The number of sulfonamides is 1. The fourth-order valence-electron chi connectivity index (χ4n) is 1.99. The van der Waals surface area contributed by atoms with Gasteiger partial charge in [0.15, 0.2) is 0 Å². The molecule has 0 aliphatic rings. The Morgan fingerprint density at radius 1 is 1.19 bits per heavy atom. The third-order valence-corrected chi connectivity index (χ3v) is 4.74. The van der Waals surface area contributed by atoms with E-state index in [0.29, 0.717) is 13.0 Å². The Bertz CT molecular complexity index is 583. The van der Waals surface area contributed by atoms with Gasteiger partial charge in [-0.15, -0.1) is 0 Å². The molecule has 0 saturated carbocycles. The van der Waals surface area contributed by atoms with Crippen molar-refractivity contribution < 1.29 is 13.2 Å². The van der Waals surface area contributed by atoms with Crippen molar-refractivity contribution in [3.8, 4) is 0 Å². The third-order valence-electron chi connectivity index (χ3n) is 3.12. The summed E-state index contributed by atoms with van der Waals surface area (Å²) >= 11 is 0. The third kappa shape index (κ3) is 5.85. The van der Waals surface area contributed by atoms with Gasteiger partial charge >= 0.3 is 0 Å². The zero-order valence-electron chi connectivity index (χ0n) is 12.9. The summed E-state index contributed by atoms with van der Waals surface area (Å²) in [6.45, 7) is 6.20. The maximum absolute atomic E-state index is 12.2. The second-order valence-corrected chi connectivity index (χ2v) is 6.86. The van der Waals surface area contributed by atoms with Gasteiger partial charge < -0.3 is 5.32 Å². The van der Waals surface area contributed by atoms with Crippen LogP contribution in [0.15, 0.2) is 23.1 Å². The summed E-state index contributed by atoms with van der Waals surface area (Å²) in [5.41, 5.74) is 1.74. The minimum Gasteiger partial charge on any atom is -0.355 e. The molecule has 0 heterocycles. The molecular weight excluding hydrogens is 288 g/mol. The molecule has 118 valence electrons. The van der Waals surface area contributed by atoms with Crippen LogP contribution in [0.2, 0.25) is 0 Å². The molecule has 0 fully saturated rings. The van der Waals surface area contributed by atoms with Crippen molar-refractivity contribution in [2.45, 2.75) is 44.9 Å². The first-order valence-electron chi connectivity index (χ1n) is 7.20. The molecule has 0 atom stereocenters. The van der Waals surface area contributed by atoms with Crippen molar-refractivity contribution in [2.24, 2.45) is 0 Å². The van der Waals surface area contributed by atoms with Crippen molar-refractivity contribution in [1.82, 2.24) is 10.0 Å². The molecule has 1 amide bonds. The molecule has 0 aliphatic carbocycles. The van der Waals surface area contributed by atoms with Gasteiger partial charge in [0.1, 0.15) is 0 Å². The number of carbonyl (C=O) groups excluding carboxylic acids is 1. The maximum atomic E-state index is 12.2. The first-order valence-corrected chi connectivity index (χ1v) is 8.68. The lowest BCUT2D eigenvalue weighted by molar-refractivity contribution is -0.121. The maximum Gasteiger partial charge on any atom is 0.240 e. The molecule has 21 heavy (non-hydrogen) atoms. The van der Waals surface area contributed by atoms with E-state index < -0.39 is 10.0 Å². The van der Waals surface area contributed by atoms with Gasteiger partial charge in [0, 0.05) is 19.5 Å². The van der Waals surface area contributed by atoms with Crippen LogP contribution in [0.25, 0.3) is 0 Å². The van der Waals surface area contributed by atoms with Crippen LogP contribution in [0, 0.1) is 13.8 Å². The molecule has 0 spiro atoms. The van der Waals surface area contributed by atoms with Crippen molar-refractivity contribution in [3.05, 3.63) is 29.3 Å². The standard InChI is InChI=1S/C15H24N2O3S/c1-4-5-6-15(18)16-9-10-17-21(19,20)14-8-7-12(2)11-13(14)3/h7-8,11,17H,4-6,9-10H2,1-3H3,(H,16,18). The summed E-state index contributed by atoms with van der Waals surface area (Å²) in [5.74, 6) is -0.0393. The lowest BCUT2D eigenvalue weighted by Crippen LogP contribution is -2.34. The molecule has 0 radical (unpaired) electrons. The summed E-state index contributed by atoms with van der Waals surface area (Å²) in [5, 5.41) is 2.70. The van der Waals surface area contributed by atoms with Gasteiger partial charge in [0.25, 0.3) is 0 Å². The van der Waals surface area contributed by atoms with E-state index in [1.807, 2.05) is 19.9 Å². The van der Waals surface area contributed by atoms with E-state index >= 15 is 0 Å². The predicted octanol–water partition coefficient (Wildman–Crippen LogP) is 1.89. The Balaban J connectivity index is 2.48. The number of carbonyl (C=O) groups is 1. The average Bonchev–Trinajstić information content (AvgIpc) is 2.41. The van der Waals surface area contributed by atoms with Crippen LogP contribution in [0.4, 0.5) is 0 Å². The molecule has 1 rings (SSSR count). The number of rotatable bonds is 8. The first kappa shape index (κ1) is 17.7. The lowest BCUT2D eigenvalue weighted by atomic mass is 10.2. The molecule has 6 heteroatoms. The molecule has 5 nitrogen and oxygen atoms in total. The van der Waals surface area contributed by atoms with Gasteiger partial charge in [-0.1, -0.05) is 31.0 Å². The Morgan fingerprint density at radius 2 is 1.90 bits per heavy atom. The van der Waals surface area contributed by atoms with E-state index in [1.165, 1.54) is 0 Å². The Morgan fingerprint density at radius 3 is 2.52 bits per heavy atom. The lowest BCUT2D eigenvalue weighted by Gasteiger charge is -2.10. The van der Waals surface area contributed by atoms with Crippen LogP contribution < -0.4 is 10.0 Å². The van der Waals surface area contributed by atoms with Gasteiger partial charge in [-0.2, -0.15) is 0 Å². The Kier molecular flexibility index (Phi) is 6.84. The van der Waals surface area contributed by atoms with Gasteiger partial charge in [0.05, 0.1) is 4.90 Å². The molecule has 1 aromatic carbocycles. The second kappa shape index (κ2) is 8.14. The van der Waals surface area contributed by atoms with E-state index in [-0.39, 0.29) is 17.3 Å². The van der Waals surface area contributed by atoms with Crippen LogP contribution in [-0.4, -0.2) is 27.4 Å². The van der Waals surface area contributed by atoms with E-state index in [2.05, 4.69) is 10.0 Å². The van der Waals surface area contributed by atoms with Gasteiger partial charge in [-0.25, -0.2) is 13.1 Å². The monoisotopic (exact) mass is 312 g/mol. The largest absolute Gasteiger partial charge is 0.355 e. The first-order chi connectivity index (χ1) is 9.86. The normalized spacial score (nSPS) is 11.4. The van der Waals surface area contributed by atoms with E-state index in [9.17, 15) is 13.2 Å². The molecule has 0 bridgehead atoms. The molecular formula is C15H24N2O3S. The summed E-state index contributed by atoms with van der Waals surface area (Å²) in [7, 11) is -3.52. The summed E-state index contributed by atoms with van der Waals surface area (Å²) in [6, 6.07) is 5.21. The highest BCUT2D eigenvalue weighted by molar-refractivity contribution is 7.89. The van der Waals surface area contributed by atoms with Crippen LogP contribution in [0.3, 0.4) is 0 Å². The second-order valence-electron chi connectivity index (χ2n) is 5.12. The highest BCUT2D eigenvalue weighted by atomic mass is 32.2. The number of amides is 1. The number of benzene rings is 1. The van der Waals surface area contributed by atoms with Gasteiger partial charge in [-0.3, -0.25) is 4.79 Å². The van der Waals surface area contributed by atoms with E-state index in [1.54, 1.807) is 19.1 Å². The summed E-state index contributed by atoms with van der Waals surface area (Å²) in [4.78, 5) is 11.7. The van der Waals surface area contributed by atoms with Crippen molar-refractivity contribution >= 4 is 15.9 Å². The average molecular weight is 312 g/mol. The fourth-order valence-corrected chi connectivity index (χ4v) is 3.25. The van der Waals surface area contributed by atoms with Gasteiger partial charge in [-0.05, 0) is 31.9 Å². The highest BCUT2D eigenvalue weighted by Crippen LogP contribution is 2.15.